The van der Waals surface area contributed by atoms with Crippen LogP contribution < -0.4 is 37.6 Å². The van der Waals surface area contributed by atoms with Crippen LogP contribution in [-0.4, -0.2) is 123 Å². The summed E-state index contributed by atoms with van der Waals surface area (Å²) in [6.07, 6.45) is -0.0662. The van der Waals surface area contributed by atoms with Crippen molar-refractivity contribution in [3.8, 4) is 0 Å². The maximum Gasteiger partial charge on any atom is 0.326 e. The van der Waals surface area contributed by atoms with Gasteiger partial charge in [0.05, 0.1) is 12.1 Å². The highest BCUT2D eigenvalue weighted by Crippen LogP contribution is 2.20. The Balaban J connectivity index is 2.20. The first-order chi connectivity index (χ1) is 28.0. The van der Waals surface area contributed by atoms with Crippen molar-refractivity contribution in [2.24, 2.45) is 29.4 Å². The number of carboxylic acid groups (broad SMARTS) is 1. The van der Waals surface area contributed by atoms with Crippen molar-refractivity contribution in [1.82, 2.24) is 36.8 Å². The van der Waals surface area contributed by atoms with Crippen LogP contribution in [0.15, 0.2) is 30.3 Å². The van der Waals surface area contributed by atoms with E-state index in [-0.39, 0.29) is 25.3 Å². The topological polar surface area (TPSA) is 278 Å². The fourth-order valence-corrected chi connectivity index (χ4v) is 6.69. The molecule has 2 rings (SSSR count). The molecule has 0 bridgehead atoms. The molecule has 18 heteroatoms. The van der Waals surface area contributed by atoms with Crippen molar-refractivity contribution in [1.29, 1.82) is 0 Å². The van der Waals surface area contributed by atoms with Gasteiger partial charge in [0, 0.05) is 13.0 Å². The van der Waals surface area contributed by atoms with E-state index in [1.807, 2.05) is 0 Å². The van der Waals surface area contributed by atoms with Crippen LogP contribution in [0.2, 0.25) is 0 Å². The summed E-state index contributed by atoms with van der Waals surface area (Å²) in [7, 11) is 0. The van der Waals surface area contributed by atoms with Crippen LogP contribution >= 0.6 is 0 Å². The molecule has 0 spiro atoms. The first-order valence-electron chi connectivity index (χ1n) is 20.8. The van der Waals surface area contributed by atoms with Gasteiger partial charge in [0.25, 0.3) is 0 Å². The molecule has 10 atom stereocenters. The number of rotatable bonds is 22. The van der Waals surface area contributed by atoms with Gasteiger partial charge in [-0.1, -0.05) is 92.1 Å². The molecule has 0 saturated carbocycles. The Kier molecular flexibility index (Phi) is 20.1. The first kappa shape index (κ1) is 51.0. The molecular weight excluding hydrogens is 777 g/mol. The van der Waals surface area contributed by atoms with Gasteiger partial charge >= 0.3 is 5.97 Å². The number of hydrogen-bond acceptors (Lipinski definition) is 10. The summed E-state index contributed by atoms with van der Waals surface area (Å²) in [6, 6.07) is -0.311. The molecule has 1 saturated heterocycles. The number of carbonyl (C=O) groups is 8. The third-order valence-corrected chi connectivity index (χ3v) is 10.8. The fraction of sp³-hybridized carbons (Fsp3) is 0.667. The van der Waals surface area contributed by atoms with E-state index in [0.717, 1.165) is 0 Å². The number of nitrogens with two attached hydrogens (primary N) is 1. The van der Waals surface area contributed by atoms with Crippen molar-refractivity contribution < 1.29 is 48.6 Å². The third-order valence-electron chi connectivity index (χ3n) is 10.8. The highest BCUT2D eigenvalue weighted by molar-refractivity contribution is 5.98. The predicted molar refractivity (Wildman–Crippen MR) is 223 cm³/mol. The number of hydrogen-bond donors (Lipinski definition) is 9. The quantitative estimate of drug-likeness (QED) is 0.0747. The number of benzene rings is 1. The van der Waals surface area contributed by atoms with Gasteiger partial charge < -0.3 is 52.7 Å². The zero-order valence-corrected chi connectivity index (χ0v) is 36.6. The minimum absolute atomic E-state index is 0.0462. The standard InChI is InChI=1S/C42H68N8O10/c1-11-24(8)33(42(59)60)48-35(52)28(20-27-16-13-12-14-17-27)45-39(56)32(23(6)7)46-36(53)29-18-15-19-50(29)41(58)25(9)44-38(55)31(22(4)5)47-40(57)34(26(10)51)49-37(54)30(43)21(2)3/h12-14,16-17,21-26,28-34,51H,11,15,18-20,43H2,1-10H3,(H,44,55)(H,45,56)(H,46,53)(H,47,57)(H,48,52)(H,49,54)(H,59,60)/t24-,25-,26+,28-,29-,30-,31-,32-,33-,34-/m0/s1. The lowest BCUT2D eigenvalue weighted by atomic mass is 9.97. The van der Waals surface area contributed by atoms with Crippen molar-refractivity contribution in [2.45, 2.75) is 149 Å². The van der Waals surface area contributed by atoms with Gasteiger partial charge in [-0.25, -0.2) is 4.79 Å². The molecule has 1 aromatic rings. The molecule has 336 valence electrons. The van der Waals surface area contributed by atoms with Crippen LogP contribution in [-0.2, 0) is 44.8 Å². The summed E-state index contributed by atoms with van der Waals surface area (Å²) in [5.74, 6) is -7.55. The second-order valence-electron chi connectivity index (χ2n) is 16.8. The molecule has 1 aromatic carbocycles. The largest absolute Gasteiger partial charge is 0.480 e. The molecule has 0 aromatic heterocycles. The second-order valence-corrected chi connectivity index (χ2v) is 16.8. The molecule has 0 aliphatic carbocycles. The van der Waals surface area contributed by atoms with Crippen molar-refractivity contribution in [3.05, 3.63) is 35.9 Å². The van der Waals surface area contributed by atoms with E-state index >= 15 is 0 Å². The first-order valence-corrected chi connectivity index (χ1v) is 20.8. The minimum Gasteiger partial charge on any atom is -0.480 e. The smallest absolute Gasteiger partial charge is 0.326 e. The minimum atomic E-state index is -1.41. The van der Waals surface area contributed by atoms with Crippen LogP contribution in [0, 0.1) is 23.7 Å². The number of aliphatic hydroxyl groups excluding tert-OH is 1. The molecule has 1 aliphatic rings. The number of nitrogens with one attached hydrogen (secondary N) is 6. The molecule has 0 unspecified atom stereocenters. The Labute approximate surface area is 353 Å². The number of amides is 7. The number of aliphatic carboxylic acids is 1. The zero-order valence-electron chi connectivity index (χ0n) is 36.6. The average molecular weight is 845 g/mol. The number of aliphatic hydroxyl groups is 1. The highest BCUT2D eigenvalue weighted by atomic mass is 16.4. The van der Waals surface area contributed by atoms with E-state index < -0.39 is 120 Å². The summed E-state index contributed by atoms with van der Waals surface area (Å²) in [4.78, 5) is 108. The van der Waals surface area contributed by atoms with E-state index in [0.29, 0.717) is 18.4 Å². The van der Waals surface area contributed by atoms with E-state index in [4.69, 9.17) is 5.73 Å². The lowest BCUT2D eigenvalue weighted by Crippen LogP contribution is -2.62. The van der Waals surface area contributed by atoms with Crippen molar-refractivity contribution >= 4 is 47.3 Å². The van der Waals surface area contributed by atoms with Crippen LogP contribution in [0.25, 0.3) is 0 Å². The normalized spacial score (nSPS) is 18.5. The van der Waals surface area contributed by atoms with E-state index in [9.17, 15) is 48.6 Å². The van der Waals surface area contributed by atoms with Gasteiger partial charge in [0.1, 0.15) is 42.3 Å². The Hall–Kier alpha value is -5.10. The van der Waals surface area contributed by atoms with Crippen LogP contribution in [0.5, 0.6) is 0 Å². The number of carboxylic acids is 1. The third kappa shape index (κ3) is 14.6. The van der Waals surface area contributed by atoms with E-state index in [1.54, 1.807) is 85.7 Å². The lowest BCUT2D eigenvalue weighted by molar-refractivity contribution is -0.144. The monoisotopic (exact) mass is 845 g/mol. The molecule has 1 heterocycles. The number of carbonyl (C=O) groups excluding carboxylic acids is 7. The number of likely N-dealkylation sites (tertiary alicyclic amines) is 1. The van der Waals surface area contributed by atoms with Gasteiger partial charge in [0.15, 0.2) is 0 Å². The molecular formula is C42H68N8O10. The molecule has 1 aliphatic heterocycles. The highest BCUT2D eigenvalue weighted by Gasteiger charge is 2.40. The molecule has 7 amide bonds. The Morgan fingerprint density at radius 2 is 1.20 bits per heavy atom. The molecule has 1 fully saturated rings. The van der Waals surface area contributed by atoms with E-state index in [2.05, 4.69) is 31.9 Å². The van der Waals surface area contributed by atoms with Crippen molar-refractivity contribution in [3.63, 3.8) is 0 Å². The Morgan fingerprint density at radius 3 is 1.72 bits per heavy atom. The molecule has 0 radical (unpaired) electrons. The summed E-state index contributed by atoms with van der Waals surface area (Å²) < 4.78 is 0. The predicted octanol–water partition coefficient (Wildman–Crippen LogP) is -0.0444. The fourth-order valence-electron chi connectivity index (χ4n) is 6.69. The summed E-state index contributed by atoms with van der Waals surface area (Å²) in [6.45, 7) is 16.6. The van der Waals surface area contributed by atoms with Gasteiger partial charge in [-0.2, -0.15) is 0 Å². The van der Waals surface area contributed by atoms with Crippen LogP contribution in [0.3, 0.4) is 0 Å². The Morgan fingerprint density at radius 1 is 0.683 bits per heavy atom. The maximum absolute atomic E-state index is 13.9. The number of nitrogens with zero attached hydrogens (tertiary/aromatic N) is 1. The summed E-state index contributed by atoms with van der Waals surface area (Å²) >= 11 is 0. The second kappa shape index (κ2) is 23.6. The van der Waals surface area contributed by atoms with Gasteiger partial charge in [-0.3, -0.25) is 33.6 Å². The van der Waals surface area contributed by atoms with Gasteiger partial charge in [0.2, 0.25) is 41.4 Å². The molecule has 60 heavy (non-hydrogen) atoms. The van der Waals surface area contributed by atoms with E-state index in [1.165, 1.54) is 18.7 Å². The van der Waals surface area contributed by atoms with Crippen molar-refractivity contribution in [2.75, 3.05) is 6.54 Å². The summed E-state index contributed by atoms with van der Waals surface area (Å²) in [5, 5.41) is 35.8. The summed E-state index contributed by atoms with van der Waals surface area (Å²) in [5.41, 5.74) is 6.62. The Bertz CT molecular complexity index is 1660. The van der Waals surface area contributed by atoms with Gasteiger partial charge in [-0.15, -0.1) is 0 Å². The average Bonchev–Trinajstić information content (AvgIpc) is 3.68. The maximum atomic E-state index is 13.9. The molecule has 10 N–H and O–H groups in total. The van der Waals surface area contributed by atoms with Gasteiger partial charge in [-0.05, 0) is 55.9 Å². The lowest BCUT2D eigenvalue weighted by Gasteiger charge is -2.31. The SMILES string of the molecule is CC[C@H](C)[C@H](NC(=O)[C@H](Cc1ccccc1)NC(=O)[C@@H](NC(=O)[C@@H]1CCCN1C(=O)[C@H](C)NC(=O)[C@@H](NC(=O)[C@@H](NC(=O)[C@@H](N)C(C)C)[C@@H](C)O)C(C)C)C(C)C)C(=O)O. The van der Waals surface area contributed by atoms with Crippen LogP contribution in [0.4, 0.5) is 0 Å². The zero-order chi connectivity index (χ0) is 45.6. The van der Waals surface area contributed by atoms with Crippen LogP contribution in [0.1, 0.15) is 94.1 Å². The molecule has 18 nitrogen and oxygen atoms in total.